The molecule has 21 heavy (non-hydrogen) atoms. The van der Waals surface area contributed by atoms with Gasteiger partial charge in [-0.25, -0.2) is 0 Å². The third-order valence-electron chi connectivity index (χ3n) is 4.41. The third-order valence-corrected chi connectivity index (χ3v) is 8.83. The van der Waals surface area contributed by atoms with Crippen molar-refractivity contribution in [2.45, 2.75) is 56.4 Å². The van der Waals surface area contributed by atoms with Gasteiger partial charge in [-0.2, -0.15) is 5.26 Å². The molecular formula is C14H25NO5Si. The van der Waals surface area contributed by atoms with Crippen LogP contribution in [-0.4, -0.2) is 46.7 Å². The Balaban J connectivity index is 3.52. The van der Waals surface area contributed by atoms with Crippen molar-refractivity contribution in [3.63, 3.8) is 0 Å². The van der Waals surface area contributed by atoms with E-state index in [4.69, 9.17) is 18.3 Å². The Kier molecular flexibility index (Phi) is 5.93. The first kappa shape index (κ1) is 18.1. The second-order valence-electron chi connectivity index (χ2n) is 5.33. The first-order valence-corrected chi connectivity index (χ1v) is 9.21. The quantitative estimate of drug-likeness (QED) is 0.551. The summed E-state index contributed by atoms with van der Waals surface area (Å²) < 4.78 is 22.9. The monoisotopic (exact) mass is 315 g/mol. The lowest BCUT2D eigenvalue weighted by molar-refractivity contribution is -0.182. The van der Waals surface area contributed by atoms with Gasteiger partial charge in [0.1, 0.15) is 6.07 Å². The molecule has 1 heterocycles. The Morgan fingerprint density at radius 3 is 2.33 bits per heavy atom. The molecule has 0 N–H and O–H groups in total. The topological polar surface area (TPSA) is 77.8 Å². The first-order valence-electron chi connectivity index (χ1n) is 7.19. The van der Waals surface area contributed by atoms with Gasteiger partial charge in [-0.05, 0) is 18.9 Å². The number of carbonyl (C=O) groups excluding carboxylic acids is 1. The van der Waals surface area contributed by atoms with Gasteiger partial charge in [-0.15, -0.1) is 0 Å². The minimum absolute atomic E-state index is 0.429. The van der Waals surface area contributed by atoms with E-state index in [2.05, 4.69) is 6.07 Å². The molecule has 1 fully saturated rings. The number of methoxy groups -OCH3 is 1. The summed E-state index contributed by atoms with van der Waals surface area (Å²) in [6, 6.07) is 2.91. The summed E-state index contributed by atoms with van der Waals surface area (Å²) in [6.45, 7) is 3.30. The number of hydrogen-bond acceptors (Lipinski definition) is 6. The van der Waals surface area contributed by atoms with Gasteiger partial charge in [-0.3, -0.25) is 4.79 Å². The van der Waals surface area contributed by atoms with Crippen molar-refractivity contribution in [1.29, 1.82) is 5.26 Å². The average molecular weight is 315 g/mol. The average Bonchev–Trinajstić information content (AvgIpc) is 2.48. The number of nitriles is 1. The van der Waals surface area contributed by atoms with Gasteiger partial charge >= 0.3 is 14.5 Å². The molecule has 7 heteroatoms. The molecule has 1 aliphatic rings. The molecule has 0 aromatic carbocycles. The molecule has 0 aromatic rings. The number of nitrogens with zero attached hydrogens (tertiary/aromatic N) is 1. The van der Waals surface area contributed by atoms with Gasteiger partial charge in [-0.1, -0.05) is 13.3 Å². The third kappa shape index (κ3) is 2.61. The van der Waals surface area contributed by atoms with E-state index in [1.807, 2.05) is 6.92 Å². The Hall–Kier alpha value is -0.943. The molecule has 120 valence electrons. The van der Waals surface area contributed by atoms with Crippen molar-refractivity contribution in [3.8, 4) is 6.07 Å². The molecule has 1 aliphatic heterocycles. The second-order valence-corrected chi connectivity index (χ2v) is 8.96. The Bertz CT molecular complexity index is 420. The summed E-state index contributed by atoms with van der Waals surface area (Å²) in [7, 11) is 1.83. The second kappa shape index (κ2) is 6.88. The largest absolute Gasteiger partial charge is 0.441 e. The van der Waals surface area contributed by atoms with E-state index in [0.29, 0.717) is 25.3 Å². The fourth-order valence-corrected chi connectivity index (χ4v) is 7.68. The SMILES string of the molecule is CCCC1(OC)C(C#N)(OC(C)=O)CCC[Si]1(OC)OC. The van der Waals surface area contributed by atoms with Crippen LogP contribution in [0.5, 0.6) is 0 Å². The van der Waals surface area contributed by atoms with Gasteiger partial charge in [0.25, 0.3) is 0 Å². The molecule has 1 saturated heterocycles. The fraction of sp³-hybridized carbons (Fsp3) is 0.857. The van der Waals surface area contributed by atoms with E-state index in [1.54, 1.807) is 14.2 Å². The summed E-state index contributed by atoms with van der Waals surface area (Å²) in [5, 5.41) is 8.78. The maximum atomic E-state index is 11.6. The van der Waals surface area contributed by atoms with Gasteiger partial charge < -0.3 is 18.3 Å². The predicted molar refractivity (Wildman–Crippen MR) is 78.6 cm³/mol. The normalized spacial score (nSPS) is 31.4. The number of hydrogen-bond donors (Lipinski definition) is 0. The van der Waals surface area contributed by atoms with Crippen molar-refractivity contribution in [2.75, 3.05) is 21.3 Å². The van der Waals surface area contributed by atoms with Gasteiger partial charge in [0.15, 0.2) is 5.22 Å². The molecule has 0 bridgehead atoms. The highest BCUT2D eigenvalue weighted by Crippen LogP contribution is 2.50. The van der Waals surface area contributed by atoms with Crippen LogP contribution in [0.1, 0.15) is 39.5 Å². The number of carbonyl (C=O) groups is 1. The van der Waals surface area contributed by atoms with Crippen LogP contribution in [0.2, 0.25) is 6.04 Å². The Morgan fingerprint density at radius 1 is 1.33 bits per heavy atom. The van der Waals surface area contributed by atoms with Crippen LogP contribution in [0.4, 0.5) is 0 Å². The van der Waals surface area contributed by atoms with Crippen LogP contribution in [0.25, 0.3) is 0 Å². The first-order chi connectivity index (χ1) is 9.93. The standard InChI is InChI=1S/C14H25NO5Si/c1-6-8-14(17-3)13(11-15,20-12(2)16)9-7-10-21(14,18-4)19-5/h6-10H2,1-5H3. The predicted octanol–water partition coefficient (Wildman–Crippen LogP) is 2.07. The van der Waals surface area contributed by atoms with Crippen LogP contribution in [0, 0.1) is 11.3 Å². The Labute approximate surface area is 127 Å². The number of rotatable bonds is 6. The zero-order valence-electron chi connectivity index (χ0n) is 13.5. The van der Waals surface area contributed by atoms with Crippen molar-refractivity contribution in [2.24, 2.45) is 0 Å². The summed E-state index contributed by atoms with van der Waals surface area (Å²) in [6.07, 6.45) is 2.43. The van der Waals surface area contributed by atoms with Crippen LogP contribution in [0.3, 0.4) is 0 Å². The zero-order valence-corrected chi connectivity index (χ0v) is 14.5. The van der Waals surface area contributed by atoms with Crippen LogP contribution in [-0.2, 0) is 23.1 Å². The number of esters is 1. The highest BCUT2D eigenvalue weighted by molar-refractivity contribution is 6.71. The molecule has 1 rings (SSSR count). The minimum Gasteiger partial charge on any atom is -0.441 e. The number of ether oxygens (including phenoxy) is 2. The van der Waals surface area contributed by atoms with E-state index in [-0.39, 0.29) is 0 Å². The van der Waals surface area contributed by atoms with Gasteiger partial charge in [0.2, 0.25) is 5.60 Å². The molecular weight excluding hydrogens is 290 g/mol. The maximum Gasteiger partial charge on any atom is 0.376 e. The van der Waals surface area contributed by atoms with E-state index in [9.17, 15) is 10.1 Å². The maximum absolute atomic E-state index is 11.6. The lowest BCUT2D eigenvalue weighted by Crippen LogP contribution is -2.76. The van der Waals surface area contributed by atoms with E-state index < -0.39 is 25.4 Å². The fourth-order valence-electron chi connectivity index (χ4n) is 3.61. The summed E-state index contributed by atoms with van der Waals surface area (Å²) >= 11 is 0. The molecule has 0 amide bonds. The van der Waals surface area contributed by atoms with Crippen molar-refractivity contribution in [1.82, 2.24) is 0 Å². The summed E-state index contributed by atoms with van der Waals surface area (Å²) in [4.78, 5) is 11.6. The summed E-state index contributed by atoms with van der Waals surface area (Å²) in [5.41, 5.74) is -1.36. The van der Waals surface area contributed by atoms with Crippen molar-refractivity contribution in [3.05, 3.63) is 0 Å². The molecule has 2 unspecified atom stereocenters. The lowest BCUT2D eigenvalue weighted by Gasteiger charge is -2.54. The van der Waals surface area contributed by atoms with Gasteiger partial charge in [0, 0.05) is 34.7 Å². The molecule has 0 spiro atoms. The molecule has 0 saturated carbocycles. The zero-order chi connectivity index (χ0) is 16.1. The summed E-state index contributed by atoms with van der Waals surface area (Å²) in [5.74, 6) is -0.494. The van der Waals surface area contributed by atoms with Crippen LogP contribution < -0.4 is 0 Å². The van der Waals surface area contributed by atoms with Crippen molar-refractivity contribution < 1.29 is 23.1 Å². The molecule has 2 atom stereocenters. The lowest BCUT2D eigenvalue weighted by atomic mass is 9.88. The smallest absolute Gasteiger partial charge is 0.376 e. The van der Waals surface area contributed by atoms with Crippen LogP contribution >= 0.6 is 0 Å². The highest BCUT2D eigenvalue weighted by atomic mass is 28.4. The molecule has 0 aliphatic carbocycles. The van der Waals surface area contributed by atoms with Crippen molar-refractivity contribution >= 4 is 14.5 Å². The minimum atomic E-state index is -2.88. The van der Waals surface area contributed by atoms with E-state index >= 15 is 0 Å². The van der Waals surface area contributed by atoms with E-state index in [1.165, 1.54) is 14.0 Å². The molecule has 0 aromatic heterocycles. The van der Waals surface area contributed by atoms with Gasteiger partial charge in [0.05, 0.1) is 0 Å². The molecule has 0 radical (unpaired) electrons. The van der Waals surface area contributed by atoms with E-state index in [0.717, 1.165) is 6.42 Å². The highest BCUT2D eigenvalue weighted by Gasteiger charge is 2.72. The molecule has 6 nitrogen and oxygen atoms in total. The Morgan fingerprint density at radius 2 is 1.95 bits per heavy atom. The van der Waals surface area contributed by atoms with Crippen LogP contribution in [0.15, 0.2) is 0 Å².